The summed E-state index contributed by atoms with van der Waals surface area (Å²) in [7, 11) is 0. The zero-order valence-electron chi connectivity index (χ0n) is 27.3. The van der Waals surface area contributed by atoms with Gasteiger partial charge in [-0.05, 0) is 75.2 Å². The summed E-state index contributed by atoms with van der Waals surface area (Å²) in [4.78, 5) is 47.1. The predicted molar refractivity (Wildman–Crippen MR) is 180 cm³/mol. The lowest BCUT2D eigenvalue weighted by Gasteiger charge is -2.21. The maximum Gasteiger partial charge on any atom is 0.414 e. The fourth-order valence-corrected chi connectivity index (χ4v) is 5.03. The van der Waals surface area contributed by atoms with E-state index in [1.807, 2.05) is 65.1 Å². The Labute approximate surface area is 275 Å². The Kier molecular flexibility index (Phi) is 14.7. The first kappa shape index (κ1) is 36.5. The number of aromatic nitrogens is 1. The van der Waals surface area contributed by atoms with E-state index in [1.165, 1.54) is 25.7 Å². The summed E-state index contributed by atoms with van der Waals surface area (Å²) in [6.07, 6.45) is 7.56. The van der Waals surface area contributed by atoms with E-state index in [1.54, 1.807) is 25.3 Å². The molecule has 0 saturated carbocycles. The van der Waals surface area contributed by atoms with Crippen molar-refractivity contribution in [3.05, 3.63) is 95.8 Å². The predicted octanol–water partition coefficient (Wildman–Crippen LogP) is 6.84. The molecular weight excluding hydrogens is 600 g/mol. The Bertz CT molecular complexity index is 1610. The summed E-state index contributed by atoms with van der Waals surface area (Å²) < 4.78 is 13.1. The molecule has 10 heteroatoms. The first-order chi connectivity index (χ1) is 22.7. The summed E-state index contributed by atoms with van der Waals surface area (Å²) in [5.41, 5.74) is 4.04. The standard InChI is InChI=1S/C35H42N2O4.C2H2O4/c1-4-7-19-36(20-8-5-2)21-13-23-41-31-17-12-16-28(25-31)34(38)33-32(27-14-10-9-11-15-27)26-30-24-29(18-22-37(30)33)35(39)40-6-3;3-1(4)2(5)6/h9-12,14-18,22,24-26H,4-8,13,19-21,23H2,1-3H3;(H,3,4)(H,5,6). The van der Waals surface area contributed by atoms with E-state index in [4.69, 9.17) is 29.3 Å². The Morgan fingerprint density at radius 1 is 0.745 bits per heavy atom. The van der Waals surface area contributed by atoms with Crippen molar-refractivity contribution in [1.82, 2.24) is 9.30 Å². The van der Waals surface area contributed by atoms with Crippen LogP contribution < -0.4 is 4.74 Å². The Balaban J connectivity index is 0.000000913. The molecule has 0 bridgehead atoms. The minimum atomic E-state index is -1.82. The maximum atomic E-state index is 14.0. The number of hydrogen-bond acceptors (Lipinski definition) is 7. The minimum Gasteiger partial charge on any atom is -0.494 e. The highest BCUT2D eigenvalue weighted by Gasteiger charge is 2.22. The number of unbranched alkanes of at least 4 members (excludes halogenated alkanes) is 2. The molecule has 2 aromatic heterocycles. The van der Waals surface area contributed by atoms with Gasteiger partial charge in [0.15, 0.2) is 0 Å². The number of carbonyl (C=O) groups is 4. The largest absolute Gasteiger partial charge is 0.494 e. The Morgan fingerprint density at radius 3 is 2.02 bits per heavy atom. The topological polar surface area (TPSA) is 135 Å². The highest BCUT2D eigenvalue weighted by Crippen LogP contribution is 2.31. The van der Waals surface area contributed by atoms with E-state index in [9.17, 15) is 9.59 Å². The third-order valence-corrected chi connectivity index (χ3v) is 7.41. The molecule has 47 heavy (non-hydrogen) atoms. The number of esters is 1. The van der Waals surface area contributed by atoms with Crippen molar-refractivity contribution in [2.24, 2.45) is 0 Å². The summed E-state index contributed by atoms with van der Waals surface area (Å²) in [6.45, 7) is 10.4. The zero-order valence-corrected chi connectivity index (χ0v) is 27.3. The second-order valence-corrected chi connectivity index (χ2v) is 10.9. The summed E-state index contributed by atoms with van der Waals surface area (Å²) >= 11 is 0. The molecule has 0 unspecified atom stereocenters. The normalized spacial score (nSPS) is 10.7. The fraction of sp³-hybridized carbons (Fsp3) is 0.351. The lowest BCUT2D eigenvalue weighted by atomic mass is 10.00. The average Bonchev–Trinajstić information content (AvgIpc) is 3.47. The van der Waals surface area contributed by atoms with Gasteiger partial charge < -0.3 is 29.0 Å². The van der Waals surface area contributed by atoms with Crippen LogP contribution in [0.25, 0.3) is 16.6 Å². The first-order valence-corrected chi connectivity index (χ1v) is 16.0. The average molecular weight is 645 g/mol. The molecule has 4 rings (SSSR count). The van der Waals surface area contributed by atoms with Gasteiger partial charge in [0, 0.05) is 29.4 Å². The lowest BCUT2D eigenvalue weighted by Crippen LogP contribution is -2.28. The van der Waals surface area contributed by atoms with Crippen molar-refractivity contribution < 1.29 is 38.9 Å². The summed E-state index contributed by atoms with van der Waals surface area (Å²) in [6, 6.07) is 22.7. The van der Waals surface area contributed by atoms with Crippen LogP contribution in [-0.2, 0) is 14.3 Å². The van der Waals surface area contributed by atoms with Crippen LogP contribution in [0.2, 0.25) is 0 Å². The van der Waals surface area contributed by atoms with E-state index in [-0.39, 0.29) is 11.8 Å². The molecule has 2 heterocycles. The molecular formula is C37H44N2O8. The molecule has 0 aliphatic carbocycles. The molecule has 10 nitrogen and oxygen atoms in total. The van der Waals surface area contributed by atoms with Gasteiger partial charge in [0.1, 0.15) is 11.4 Å². The van der Waals surface area contributed by atoms with Crippen LogP contribution in [0.15, 0.2) is 79.0 Å². The number of carbonyl (C=O) groups excluding carboxylic acids is 2. The van der Waals surface area contributed by atoms with Gasteiger partial charge in [0.2, 0.25) is 5.78 Å². The molecule has 0 spiro atoms. The first-order valence-electron chi connectivity index (χ1n) is 16.0. The van der Waals surface area contributed by atoms with E-state index in [0.717, 1.165) is 42.7 Å². The molecule has 4 aromatic rings. The minimum absolute atomic E-state index is 0.108. The molecule has 250 valence electrons. The van der Waals surface area contributed by atoms with Gasteiger partial charge in [0.05, 0.1) is 18.8 Å². The summed E-state index contributed by atoms with van der Waals surface area (Å²) in [5, 5.41) is 14.8. The van der Waals surface area contributed by atoms with E-state index in [2.05, 4.69) is 18.7 Å². The number of ether oxygens (including phenoxy) is 2. The number of benzene rings is 2. The molecule has 0 radical (unpaired) electrons. The van der Waals surface area contributed by atoms with Crippen LogP contribution in [-0.4, -0.2) is 76.1 Å². The molecule has 0 amide bonds. The van der Waals surface area contributed by atoms with Crippen molar-refractivity contribution in [3.63, 3.8) is 0 Å². The number of rotatable bonds is 16. The van der Waals surface area contributed by atoms with Crippen LogP contribution in [0.4, 0.5) is 0 Å². The highest BCUT2D eigenvalue weighted by atomic mass is 16.5. The van der Waals surface area contributed by atoms with Gasteiger partial charge in [-0.25, -0.2) is 14.4 Å². The lowest BCUT2D eigenvalue weighted by molar-refractivity contribution is -0.159. The van der Waals surface area contributed by atoms with Crippen molar-refractivity contribution in [1.29, 1.82) is 0 Å². The van der Waals surface area contributed by atoms with Gasteiger partial charge in [-0.15, -0.1) is 0 Å². The molecule has 0 saturated heterocycles. The third kappa shape index (κ3) is 10.8. The van der Waals surface area contributed by atoms with Crippen molar-refractivity contribution in [2.75, 3.05) is 32.8 Å². The van der Waals surface area contributed by atoms with Gasteiger partial charge in [-0.3, -0.25) is 4.79 Å². The monoisotopic (exact) mass is 644 g/mol. The van der Waals surface area contributed by atoms with E-state index in [0.29, 0.717) is 35.8 Å². The number of nitrogens with zero attached hydrogens (tertiary/aromatic N) is 2. The van der Waals surface area contributed by atoms with Crippen molar-refractivity contribution >= 4 is 29.2 Å². The second-order valence-electron chi connectivity index (χ2n) is 10.9. The fourth-order valence-electron chi connectivity index (χ4n) is 5.03. The number of fused-ring (bicyclic) bond motifs is 1. The number of ketones is 1. The molecule has 0 fully saturated rings. The van der Waals surface area contributed by atoms with Gasteiger partial charge >= 0.3 is 17.9 Å². The number of hydrogen-bond donors (Lipinski definition) is 2. The quantitative estimate of drug-likeness (QED) is 0.0582. The van der Waals surface area contributed by atoms with E-state index >= 15 is 0 Å². The Morgan fingerprint density at radius 2 is 1.40 bits per heavy atom. The third-order valence-electron chi connectivity index (χ3n) is 7.41. The van der Waals surface area contributed by atoms with Gasteiger partial charge in [0.25, 0.3) is 0 Å². The number of carboxylic acids is 2. The summed E-state index contributed by atoms with van der Waals surface area (Å²) in [5.74, 6) is -3.45. The zero-order chi connectivity index (χ0) is 34.2. The molecule has 0 atom stereocenters. The van der Waals surface area contributed by atoms with Crippen LogP contribution in [0, 0.1) is 0 Å². The van der Waals surface area contributed by atoms with E-state index < -0.39 is 11.9 Å². The molecule has 0 aliphatic rings. The van der Waals surface area contributed by atoms with Crippen LogP contribution in [0.5, 0.6) is 5.75 Å². The number of carboxylic acid groups (broad SMARTS) is 2. The van der Waals surface area contributed by atoms with Crippen molar-refractivity contribution in [2.45, 2.75) is 52.9 Å². The second kappa shape index (κ2) is 18.9. The van der Waals surface area contributed by atoms with Gasteiger partial charge in [-0.2, -0.15) is 0 Å². The maximum absolute atomic E-state index is 14.0. The number of aliphatic carboxylic acids is 2. The molecule has 0 aliphatic heterocycles. The van der Waals surface area contributed by atoms with Crippen LogP contribution in [0.1, 0.15) is 79.3 Å². The number of pyridine rings is 1. The molecule has 2 aromatic carbocycles. The Hall–Kier alpha value is -4.96. The van der Waals surface area contributed by atoms with Crippen molar-refractivity contribution in [3.8, 4) is 16.9 Å². The molecule has 2 N–H and O–H groups in total. The highest BCUT2D eigenvalue weighted by molar-refractivity contribution is 6.27. The van der Waals surface area contributed by atoms with Crippen LogP contribution >= 0.6 is 0 Å². The SMILES string of the molecule is CCCCN(CCCC)CCCOc1cccc(C(=O)c2c(-c3ccccc3)cc3cc(C(=O)OCC)ccn23)c1.O=C(O)C(=O)O. The van der Waals surface area contributed by atoms with Crippen LogP contribution in [0.3, 0.4) is 0 Å². The van der Waals surface area contributed by atoms with Gasteiger partial charge in [-0.1, -0.05) is 69.2 Å². The smallest absolute Gasteiger partial charge is 0.414 e.